The van der Waals surface area contributed by atoms with Gasteiger partial charge in [0.2, 0.25) is 0 Å². The minimum absolute atomic E-state index is 0.0408. The predicted molar refractivity (Wildman–Crippen MR) is 125 cm³/mol. The Morgan fingerprint density at radius 3 is 2.61 bits per heavy atom. The third kappa shape index (κ3) is 3.76. The molecule has 0 spiro atoms. The molecule has 36 heavy (non-hydrogen) atoms. The summed E-state index contributed by atoms with van der Waals surface area (Å²) in [4.78, 5) is 29.1. The third-order valence-corrected chi connectivity index (χ3v) is 6.35. The number of ether oxygens (including phenoxy) is 1. The van der Waals surface area contributed by atoms with Crippen LogP contribution in [0.3, 0.4) is 0 Å². The largest absolute Gasteiger partial charge is 0.466 e. The molecule has 0 aliphatic carbocycles. The molecule has 0 bridgehead atoms. The molecule has 2 aliphatic heterocycles. The van der Waals surface area contributed by atoms with Crippen LogP contribution in [0.5, 0.6) is 0 Å². The monoisotopic (exact) mass is 497 g/mol. The Labute approximate surface area is 205 Å². The molecule has 2 atom stereocenters. The number of nitrogens with zero attached hydrogens (tertiary/aromatic N) is 3. The van der Waals surface area contributed by atoms with Crippen molar-refractivity contribution in [1.82, 2.24) is 15.8 Å². The number of alkyl halides is 3. The summed E-state index contributed by atoms with van der Waals surface area (Å²) in [6, 6.07) is 9.74. The van der Waals surface area contributed by atoms with Gasteiger partial charge in [0.25, 0.3) is 0 Å². The van der Waals surface area contributed by atoms with Crippen molar-refractivity contribution in [2.75, 3.05) is 12.0 Å². The first kappa shape index (κ1) is 24.8. The number of esters is 1. The van der Waals surface area contributed by atoms with Crippen molar-refractivity contribution in [1.29, 1.82) is 5.26 Å². The third-order valence-electron chi connectivity index (χ3n) is 6.35. The van der Waals surface area contributed by atoms with Gasteiger partial charge in [-0.05, 0) is 55.3 Å². The Kier molecular flexibility index (Phi) is 6.02. The Morgan fingerprint density at radius 1 is 1.28 bits per heavy atom. The Hall–Kier alpha value is -4.30. The molecule has 2 amide bonds. The van der Waals surface area contributed by atoms with E-state index < -0.39 is 35.6 Å². The number of rotatable bonds is 4. The van der Waals surface area contributed by atoms with Crippen LogP contribution in [-0.2, 0) is 15.7 Å². The van der Waals surface area contributed by atoms with Gasteiger partial charge in [-0.25, -0.2) is 9.59 Å². The van der Waals surface area contributed by atoms with Gasteiger partial charge < -0.3 is 9.64 Å². The van der Waals surface area contributed by atoms with Crippen molar-refractivity contribution in [2.45, 2.75) is 31.9 Å². The van der Waals surface area contributed by atoms with Gasteiger partial charge in [0.1, 0.15) is 0 Å². The molecule has 2 heterocycles. The van der Waals surface area contributed by atoms with Gasteiger partial charge in [0, 0.05) is 11.4 Å². The highest BCUT2D eigenvalue weighted by Gasteiger charge is 2.57. The van der Waals surface area contributed by atoms with Crippen LogP contribution in [0.25, 0.3) is 6.08 Å². The summed E-state index contributed by atoms with van der Waals surface area (Å²) < 4.78 is 45.6. The van der Waals surface area contributed by atoms with Gasteiger partial charge in [-0.1, -0.05) is 24.8 Å². The minimum atomic E-state index is -4.60. The highest BCUT2D eigenvalue weighted by atomic mass is 19.4. The molecule has 2 aromatic rings. The number of carbonyl (C=O) groups excluding carboxylic acids is 2. The van der Waals surface area contributed by atoms with Crippen LogP contribution in [-0.4, -0.2) is 29.8 Å². The highest BCUT2D eigenvalue weighted by molar-refractivity contribution is 5.95. The van der Waals surface area contributed by atoms with Crippen molar-refractivity contribution >= 4 is 23.8 Å². The van der Waals surface area contributed by atoms with Crippen molar-refractivity contribution in [3.05, 3.63) is 82.6 Å². The van der Waals surface area contributed by atoms with Gasteiger partial charge >= 0.3 is 18.2 Å². The van der Waals surface area contributed by atoms with Crippen LogP contribution >= 0.6 is 0 Å². The smallest absolute Gasteiger partial charge is 0.416 e. The van der Waals surface area contributed by atoms with Crippen LogP contribution in [0.2, 0.25) is 0 Å². The van der Waals surface area contributed by atoms with E-state index >= 15 is 0 Å². The first-order valence-corrected chi connectivity index (χ1v) is 10.8. The van der Waals surface area contributed by atoms with E-state index in [1.165, 1.54) is 35.1 Å². The molecule has 2 N–H and O–H groups in total. The zero-order chi connectivity index (χ0) is 26.4. The van der Waals surface area contributed by atoms with Crippen molar-refractivity contribution in [2.24, 2.45) is 0 Å². The number of urea groups is 1. The summed E-state index contributed by atoms with van der Waals surface area (Å²) in [5.74, 6) is -2.20. The first-order chi connectivity index (χ1) is 17.0. The predicted octanol–water partition coefficient (Wildman–Crippen LogP) is 4.43. The maximum absolute atomic E-state index is 13.5. The second kappa shape index (κ2) is 8.73. The van der Waals surface area contributed by atoms with E-state index in [4.69, 9.17) is 4.74 Å². The number of benzene rings is 2. The Morgan fingerprint density at radius 2 is 2.00 bits per heavy atom. The minimum Gasteiger partial charge on any atom is -0.466 e. The van der Waals surface area contributed by atoms with Crippen LogP contribution < -0.4 is 15.8 Å². The molecule has 1 saturated heterocycles. The number of methoxy groups -OCH3 is 1. The number of anilines is 1. The summed E-state index contributed by atoms with van der Waals surface area (Å²) in [6.07, 6.45) is -3.10. The summed E-state index contributed by atoms with van der Waals surface area (Å²) in [5, 5.41) is 9.31. The van der Waals surface area contributed by atoms with E-state index in [1.54, 1.807) is 32.0 Å². The van der Waals surface area contributed by atoms with Crippen LogP contribution in [0.1, 0.15) is 42.1 Å². The maximum atomic E-state index is 13.5. The lowest BCUT2D eigenvalue weighted by Crippen LogP contribution is -2.66. The molecule has 1 fully saturated rings. The van der Waals surface area contributed by atoms with Crippen molar-refractivity contribution in [3.63, 3.8) is 0 Å². The summed E-state index contributed by atoms with van der Waals surface area (Å²) in [7, 11) is 1.18. The van der Waals surface area contributed by atoms with Crippen molar-refractivity contribution < 1.29 is 27.5 Å². The number of hydrazine groups is 1. The number of carbonyl (C=O) groups is 2. The number of hydrogen-bond acceptors (Lipinski definition) is 6. The van der Waals surface area contributed by atoms with E-state index in [-0.39, 0.29) is 17.0 Å². The number of nitriles is 1. The number of fused-ring (bicyclic) bond motifs is 1. The normalized spacial score (nSPS) is 21.6. The SMILES string of the molecule is C=Cc1cc(C#N)ccc1C1C(C(=O)OC)=C(C)N(c2cccc(C(F)(F)F)c2)C2(C)NNC(=O)N12. The lowest BCUT2D eigenvalue weighted by molar-refractivity contribution is -0.138. The lowest BCUT2D eigenvalue weighted by Gasteiger charge is -2.52. The fraction of sp³-hybridized carbons (Fsp3) is 0.240. The second-order valence-corrected chi connectivity index (χ2v) is 8.38. The molecule has 0 saturated carbocycles. The van der Waals surface area contributed by atoms with Gasteiger partial charge in [0.05, 0.1) is 35.9 Å². The van der Waals surface area contributed by atoms with E-state index in [9.17, 15) is 28.0 Å². The molecule has 2 unspecified atom stereocenters. The number of nitrogens with one attached hydrogen (secondary N) is 2. The van der Waals surface area contributed by atoms with E-state index in [0.717, 1.165) is 12.1 Å². The molecular weight excluding hydrogens is 475 g/mol. The Bertz CT molecular complexity index is 1350. The molecule has 2 aromatic carbocycles. The van der Waals surface area contributed by atoms with Crippen LogP contribution in [0.15, 0.2) is 60.3 Å². The molecule has 186 valence electrons. The summed E-state index contributed by atoms with van der Waals surface area (Å²) in [6.45, 7) is 6.97. The van der Waals surface area contributed by atoms with E-state index in [1.807, 2.05) is 6.07 Å². The van der Waals surface area contributed by atoms with Gasteiger partial charge in [0.15, 0.2) is 5.79 Å². The Balaban J connectivity index is 2.04. The molecule has 0 aromatic heterocycles. The number of allylic oxidation sites excluding steroid dienone is 1. The topological polar surface area (TPSA) is 97.7 Å². The standard InChI is InChI=1S/C25H22F3N5O3/c1-5-16-11-15(13-29)9-10-19(16)21-20(22(34)36-4)14(2)32(24(3)31-30-23(35)33(21)24)18-8-6-7-17(12-18)25(26,27)28/h5-12,21,31H,1H2,2-4H3,(H,30,35). The van der Waals surface area contributed by atoms with E-state index in [0.29, 0.717) is 16.7 Å². The maximum Gasteiger partial charge on any atom is 0.416 e. The highest BCUT2D eigenvalue weighted by Crippen LogP contribution is 2.48. The lowest BCUT2D eigenvalue weighted by atomic mass is 9.87. The average molecular weight is 497 g/mol. The van der Waals surface area contributed by atoms with Crippen LogP contribution in [0, 0.1) is 11.3 Å². The molecule has 4 rings (SSSR count). The second-order valence-electron chi connectivity index (χ2n) is 8.38. The number of hydrogen-bond donors (Lipinski definition) is 2. The number of amides is 2. The zero-order valence-electron chi connectivity index (χ0n) is 19.6. The zero-order valence-corrected chi connectivity index (χ0v) is 19.6. The van der Waals surface area contributed by atoms with Crippen molar-refractivity contribution in [3.8, 4) is 6.07 Å². The van der Waals surface area contributed by atoms with Gasteiger partial charge in [-0.15, -0.1) is 0 Å². The molecule has 11 heteroatoms. The van der Waals surface area contributed by atoms with Crippen LogP contribution in [0.4, 0.5) is 23.7 Å². The molecular formula is C25H22F3N5O3. The summed E-state index contributed by atoms with van der Waals surface area (Å²) in [5.41, 5.74) is 6.25. The summed E-state index contributed by atoms with van der Waals surface area (Å²) >= 11 is 0. The van der Waals surface area contributed by atoms with E-state index in [2.05, 4.69) is 17.4 Å². The fourth-order valence-electron chi connectivity index (χ4n) is 4.80. The molecule has 8 nitrogen and oxygen atoms in total. The fourth-order valence-corrected chi connectivity index (χ4v) is 4.80. The molecule has 2 aliphatic rings. The molecule has 0 radical (unpaired) electrons. The van der Waals surface area contributed by atoms with Gasteiger partial charge in [-0.2, -0.15) is 23.9 Å². The quantitative estimate of drug-likeness (QED) is 0.607. The average Bonchev–Trinajstić information content (AvgIpc) is 3.16. The first-order valence-electron chi connectivity index (χ1n) is 10.8. The van der Waals surface area contributed by atoms with Gasteiger partial charge in [-0.3, -0.25) is 10.3 Å². The number of halogens is 3.